The van der Waals surface area contributed by atoms with Crippen LogP contribution in [-0.2, 0) is 0 Å². The molecule has 0 unspecified atom stereocenters. The fourth-order valence-corrected chi connectivity index (χ4v) is 4.97. The van der Waals surface area contributed by atoms with E-state index in [9.17, 15) is 14.4 Å². The second-order valence-corrected chi connectivity index (χ2v) is 10.7. The van der Waals surface area contributed by atoms with Gasteiger partial charge in [-0.3, -0.25) is 19.7 Å². The number of rotatable bonds is 13. The van der Waals surface area contributed by atoms with E-state index in [0.717, 1.165) is 43.2 Å². The lowest BCUT2D eigenvalue weighted by molar-refractivity contribution is 0.101. The number of hydrogen-bond donors (Lipinski definition) is 3. The molecule has 0 aliphatic heterocycles. The minimum atomic E-state index is -0.430. The van der Waals surface area contributed by atoms with Gasteiger partial charge in [-0.15, -0.1) is 0 Å². The third-order valence-electron chi connectivity index (χ3n) is 7.53. The third-order valence-corrected chi connectivity index (χ3v) is 7.53. The van der Waals surface area contributed by atoms with Crippen LogP contribution in [0.3, 0.4) is 0 Å². The molecule has 0 aliphatic rings. The van der Waals surface area contributed by atoms with E-state index in [1.54, 1.807) is 36.4 Å². The summed E-state index contributed by atoms with van der Waals surface area (Å²) in [4.78, 5) is 54.9. The molecule has 4 rings (SSSR count). The topological polar surface area (TPSA) is 123 Å². The van der Waals surface area contributed by atoms with Crippen molar-refractivity contribution in [3.05, 3.63) is 95.6 Å². The van der Waals surface area contributed by atoms with E-state index in [0.29, 0.717) is 16.7 Å². The van der Waals surface area contributed by atoms with Crippen molar-refractivity contribution >= 4 is 52.4 Å². The lowest BCUT2D eigenvalue weighted by atomic mass is 10.1. The first-order valence-electron chi connectivity index (χ1n) is 15.5. The predicted octanol–water partition coefficient (Wildman–Crippen LogP) is 5.99. The minimum absolute atomic E-state index is 0.0784. The first kappa shape index (κ1) is 33.4. The maximum Gasteiger partial charge on any atom is 0.258 e. The van der Waals surface area contributed by atoms with Gasteiger partial charge in [-0.05, 0) is 82.3 Å². The van der Waals surface area contributed by atoms with E-state index in [-0.39, 0.29) is 17.6 Å². The lowest BCUT2D eigenvalue weighted by Crippen LogP contribution is -2.23. The summed E-state index contributed by atoms with van der Waals surface area (Å²) in [5.74, 6) is -1.10. The molecule has 0 bridgehead atoms. The van der Waals surface area contributed by atoms with Gasteiger partial charge in [0.2, 0.25) is 5.95 Å². The molecular weight excluding hydrogens is 580 g/mol. The zero-order valence-corrected chi connectivity index (χ0v) is 27.3. The number of hydrogen-bond acceptors (Lipinski definition) is 8. The molecule has 0 aliphatic carbocycles. The van der Waals surface area contributed by atoms with Gasteiger partial charge in [0.05, 0.1) is 0 Å². The molecule has 0 saturated carbocycles. The molecule has 1 aromatic heterocycles. The summed E-state index contributed by atoms with van der Waals surface area (Å²) >= 11 is 0. The number of nitrogens with zero attached hydrogens (tertiary/aromatic N) is 5. The molecule has 240 valence electrons. The van der Waals surface area contributed by atoms with Crippen LogP contribution < -0.4 is 30.7 Å². The zero-order valence-electron chi connectivity index (χ0n) is 27.3. The highest BCUT2D eigenvalue weighted by molar-refractivity contribution is 6.07. The molecule has 4 aromatic rings. The van der Waals surface area contributed by atoms with Gasteiger partial charge < -0.3 is 25.3 Å². The Labute approximate surface area is 270 Å². The Kier molecular flexibility index (Phi) is 11.3. The maximum atomic E-state index is 13.4. The zero-order chi connectivity index (χ0) is 33.2. The highest BCUT2D eigenvalue weighted by Gasteiger charge is 2.17. The molecule has 0 radical (unpaired) electrons. The van der Waals surface area contributed by atoms with E-state index in [4.69, 9.17) is 0 Å². The van der Waals surface area contributed by atoms with Crippen LogP contribution in [0.5, 0.6) is 0 Å². The summed E-state index contributed by atoms with van der Waals surface area (Å²) in [6.07, 6.45) is 0. The fraction of sp³-hybridized carbons (Fsp3) is 0.286. The van der Waals surface area contributed by atoms with Crippen molar-refractivity contribution in [1.29, 1.82) is 0 Å². The Balaban J connectivity index is 1.65. The number of nitrogens with one attached hydrogen (secondary N) is 3. The van der Waals surface area contributed by atoms with Crippen LogP contribution in [0, 0.1) is 0 Å². The number of benzene rings is 3. The molecule has 46 heavy (non-hydrogen) atoms. The maximum absolute atomic E-state index is 13.4. The summed E-state index contributed by atoms with van der Waals surface area (Å²) in [6.45, 7) is 11.4. The molecule has 11 nitrogen and oxygen atoms in total. The number of aromatic nitrogens is 2. The summed E-state index contributed by atoms with van der Waals surface area (Å²) in [5, 5.41) is 8.33. The van der Waals surface area contributed by atoms with Gasteiger partial charge in [-0.2, -0.15) is 9.97 Å². The first-order chi connectivity index (χ1) is 22.1. The number of amides is 3. The van der Waals surface area contributed by atoms with Crippen LogP contribution in [0.15, 0.2) is 78.9 Å². The Morgan fingerprint density at radius 3 is 1.30 bits per heavy atom. The highest BCUT2D eigenvalue weighted by atomic mass is 16.2. The van der Waals surface area contributed by atoms with Crippen LogP contribution >= 0.6 is 0 Å². The van der Waals surface area contributed by atoms with Gasteiger partial charge in [0.25, 0.3) is 17.7 Å². The normalized spacial score (nSPS) is 10.6. The summed E-state index contributed by atoms with van der Waals surface area (Å²) < 4.78 is 0. The van der Waals surface area contributed by atoms with Gasteiger partial charge in [0.15, 0.2) is 0 Å². The second-order valence-electron chi connectivity index (χ2n) is 10.7. The van der Waals surface area contributed by atoms with Crippen molar-refractivity contribution in [3.63, 3.8) is 0 Å². The van der Waals surface area contributed by atoms with Gasteiger partial charge >= 0.3 is 0 Å². The number of anilines is 6. The third kappa shape index (κ3) is 8.38. The van der Waals surface area contributed by atoms with Gasteiger partial charge in [0, 0.05) is 80.1 Å². The average molecular weight is 623 g/mol. The molecular formula is C35H42N8O3. The standard InChI is InChI=1S/C35H42N8O3/c1-7-42(8-2)28-18-12-15-25(21-28)33(45)37-31-23-30(36-32(44)24-14-11-17-27(20-24)41(5)6)38-35(39-31)40-34(46)26-16-13-19-29(22-26)43(9-3)10-4/h11-23H,7-10H2,1-6H3,(H3,36,37,38,39,40,44,45,46). The molecule has 3 aromatic carbocycles. The first-order valence-corrected chi connectivity index (χ1v) is 15.5. The molecule has 0 saturated heterocycles. The second kappa shape index (κ2) is 15.5. The monoisotopic (exact) mass is 622 g/mol. The Morgan fingerprint density at radius 1 is 0.543 bits per heavy atom. The average Bonchev–Trinajstić information content (AvgIpc) is 3.06. The van der Waals surface area contributed by atoms with E-state index in [1.807, 2.05) is 55.4 Å². The van der Waals surface area contributed by atoms with Gasteiger partial charge in [-0.1, -0.05) is 18.2 Å². The van der Waals surface area contributed by atoms with Crippen LogP contribution in [0.2, 0.25) is 0 Å². The van der Waals surface area contributed by atoms with Crippen molar-refractivity contribution in [1.82, 2.24) is 9.97 Å². The van der Waals surface area contributed by atoms with E-state index >= 15 is 0 Å². The quantitative estimate of drug-likeness (QED) is 0.166. The molecule has 0 fully saturated rings. The van der Waals surface area contributed by atoms with Crippen LogP contribution in [-0.4, -0.2) is 68.0 Å². The van der Waals surface area contributed by atoms with E-state index in [1.165, 1.54) is 6.07 Å². The van der Waals surface area contributed by atoms with Crippen molar-refractivity contribution in [2.24, 2.45) is 0 Å². The van der Waals surface area contributed by atoms with Crippen molar-refractivity contribution < 1.29 is 14.4 Å². The summed E-state index contributed by atoms with van der Waals surface area (Å²) in [7, 11) is 3.78. The SMILES string of the molecule is CCN(CC)c1cccc(C(=O)Nc2cc(NC(=O)c3cccc(N(C)C)c3)nc(NC(=O)c3cccc(N(CC)CC)c3)n2)c1. The Bertz CT molecular complexity index is 1590. The van der Waals surface area contributed by atoms with Crippen molar-refractivity contribution in [3.8, 4) is 0 Å². The molecule has 3 amide bonds. The van der Waals surface area contributed by atoms with Crippen molar-refractivity contribution in [2.75, 3.05) is 70.9 Å². The molecule has 0 atom stereocenters. The van der Waals surface area contributed by atoms with E-state index in [2.05, 4.69) is 63.4 Å². The summed E-state index contributed by atoms with van der Waals surface area (Å²) in [6, 6.07) is 23.2. The molecule has 0 spiro atoms. The van der Waals surface area contributed by atoms with Crippen molar-refractivity contribution in [2.45, 2.75) is 27.7 Å². The van der Waals surface area contributed by atoms with Gasteiger partial charge in [0.1, 0.15) is 11.6 Å². The fourth-order valence-electron chi connectivity index (χ4n) is 4.97. The van der Waals surface area contributed by atoms with Crippen LogP contribution in [0.1, 0.15) is 58.8 Å². The Morgan fingerprint density at radius 2 is 0.913 bits per heavy atom. The molecule has 11 heteroatoms. The Hall–Kier alpha value is -5.45. The van der Waals surface area contributed by atoms with Crippen LogP contribution in [0.25, 0.3) is 0 Å². The van der Waals surface area contributed by atoms with Crippen LogP contribution in [0.4, 0.5) is 34.6 Å². The van der Waals surface area contributed by atoms with Gasteiger partial charge in [-0.25, -0.2) is 0 Å². The highest BCUT2D eigenvalue weighted by Crippen LogP contribution is 2.22. The van der Waals surface area contributed by atoms with E-state index < -0.39 is 17.7 Å². The summed E-state index contributed by atoms with van der Waals surface area (Å²) in [5.41, 5.74) is 3.97. The smallest absolute Gasteiger partial charge is 0.258 e. The predicted molar refractivity (Wildman–Crippen MR) is 187 cm³/mol. The molecule has 3 N–H and O–H groups in total. The number of carbonyl (C=O) groups is 3. The minimum Gasteiger partial charge on any atom is -0.378 e. The largest absolute Gasteiger partial charge is 0.378 e. The lowest BCUT2D eigenvalue weighted by Gasteiger charge is -2.21. The number of carbonyl (C=O) groups excluding carboxylic acids is 3. The molecule has 1 heterocycles.